The summed E-state index contributed by atoms with van der Waals surface area (Å²) in [6.07, 6.45) is 0. The molecule has 0 spiro atoms. The number of carbonyl (C=O) groups is 2. The molecule has 0 saturated carbocycles. The standard InChI is InChI=1S/C15H20N2O2/c1-10(2)12-9-17(11(3)18)14-8-6-5-7-13(14)16(4)15(12)19/h5-8,10,12H,9H2,1-4H3/t12-/m1/s1. The fourth-order valence-corrected chi connectivity index (χ4v) is 2.51. The van der Waals surface area contributed by atoms with E-state index in [0.29, 0.717) is 6.54 Å². The summed E-state index contributed by atoms with van der Waals surface area (Å²) in [6.45, 7) is 6.03. The van der Waals surface area contributed by atoms with E-state index in [1.165, 1.54) is 0 Å². The second kappa shape index (κ2) is 5.03. The second-order valence-electron chi connectivity index (χ2n) is 5.37. The van der Waals surface area contributed by atoms with Crippen LogP contribution in [0.3, 0.4) is 0 Å². The molecule has 1 aromatic carbocycles. The molecular formula is C15H20N2O2. The highest BCUT2D eigenvalue weighted by Gasteiger charge is 2.34. The molecule has 0 saturated heterocycles. The summed E-state index contributed by atoms with van der Waals surface area (Å²) in [5.41, 5.74) is 1.61. The Morgan fingerprint density at radius 1 is 1.26 bits per heavy atom. The SMILES string of the molecule is CC(=O)N1C[C@H](C(C)C)C(=O)N(C)c2ccccc21. The lowest BCUT2D eigenvalue weighted by Gasteiger charge is -2.25. The molecule has 2 rings (SSSR count). The van der Waals surface area contributed by atoms with Crippen LogP contribution >= 0.6 is 0 Å². The fourth-order valence-electron chi connectivity index (χ4n) is 2.51. The van der Waals surface area contributed by atoms with Crippen LogP contribution < -0.4 is 9.80 Å². The van der Waals surface area contributed by atoms with Crippen LogP contribution in [0.1, 0.15) is 20.8 Å². The first-order chi connectivity index (χ1) is 8.93. The van der Waals surface area contributed by atoms with Crippen molar-refractivity contribution in [3.05, 3.63) is 24.3 Å². The van der Waals surface area contributed by atoms with Gasteiger partial charge in [-0.3, -0.25) is 9.59 Å². The first kappa shape index (κ1) is 13.6. The monoisotopic (exact) mass is 260 g/mol. The molecule has 1 heterocycles. The zero-order valence-corrected chi connectivity index (χ0v) is 11.9. The van der Waals surface area contributed by atoms with Gasteiger partial charge in [0.2, 0.25) is 11.8 Å². The van der Waals surface area contributed by atoms with E-state index < -0.39 is 0 Å². The third kappa shape index (κ3) is 2.35. The van der Waals surface area contributed by atoms with Gasteiger partial charge in [-0.15, -0.1) is 0 Å². The average Bonchev–Trinajstić information content (AvgIpc) is 2.47. The maximum atomic E-state index is 12.5. The highest BCUT2D eigenvalue weighted by molar-refractivity contribution is 6.05. The Labute approximate surface area is 114 Å². The topological polar surface area (TPSA) is 40.6 Å². The van der Waals surface area contributed by atoms with E-state index in [1.54, 1.807) is 23.8 Å². The minimum atomic E-state index is -0.165. The van der Waals surface area contributed by atoms with Crippen LogP contribution in [0.2, 0.25) is 0 Å². The van der Waals surface area contributed by atoms with Gasteiger partial charge in [0.25, 0.3) is 0 Å². The van der Waals surface area contributed by atoms with Crippen LogP contribution in [0.4, 0.5) is 11.4 Å². The molecule has 0 aliphatic carbocycles. The van der Waals surface area contributed by atoms with E-state index in [-0.39, 0.29) is 23.7 Å². The van der Waals surface area contributed by atoms with Gasteiger partial charge in [0.15, 0.2) is 0 Å². The van der Waals surface area contributed by atoms with Gasteiger partial charge in [0.05, 0.1) is 17.3 Å². The molecule has 19 heavy (non-hydrogen) atoms. The minimum absolute atomic E-state index is 0.0267. The highest BCUT2D eigenvalue weighted by atomic mass is 16.2. The number of hydrogen-bond donors (Lipinski definition) is 0. The third-order valence-corrected chi connectivity index (χ3v) is 3.75. The molecule has 2 amide bonds. The van der Waals surface area contributed by atoms with E-state index >= 15 is 0 Å². The van der Waals surface area contributed by atoms with Crippen molar-refractivity contribution in [3.63, 3.8) is 0 Å². The summed E-state index contributed by atoms with van der Waals surface area (Å²) in [4.78, 5) is 27.8. The number of anilines is 2. The maximum Gasteiger partial charge on any atom is 0.231 e. The normalized spacial score (nSPS) is 19.4. The Hall–Kier alpha value is -1.84. The van der Waals surface area contributed by atoms with Gasteiger partial charge in [-0.1, -0.05) is 26.0 Å². The molecule has 0 N–H and O–H groups in total. The van der Waals surface area contributed by atoms with Crippen LogP contribution in [0.5, 0.6) is 0 Å². The summed E-state index contributed by atoms with van der Waals surface area (Å²) in [7, 11) is 1.78. The van der Waals surface area contributed by atoms with Crippen LogP contribution in [0.25, 0.3) is 0 Å². The highest BCUT2D eigenvalue weighted by Crippen LogP contribution is 2.34. The Balaban J connectivity index is 2.55. The fraction of sp³-hybridized carbons (Fsp3) is 0.467. The largest absolute Gasteiger partial charge is 0.313 e. The second-order valence-corrected chi connectivity index (χ2v) is 5.37. The number of benzene rings is 1. The van der Waals surface area contributed by atoms with Crippen LogP contribution in [0.15, 0.2) is 24.3 Å². The van der Waals surface area contributed by atoms with Gasteiger partial charge in [0, 0.05) is 20.5 Å². The van der Waals surface area contributed by atoms with Crippen molar-refractivity contribution in [3.8, 4) is 0 Å². The van der Waals surface area contributed by atoms with Crippen molar-refractivity contribution < 1.29 is 9.59 Å². The minimum Gasteiger partial charge on any atom is -0.313 e. The van der Waals surface area contributed by atoms with E-state index in [4.69, 9.17) is 0 Å². The Bertz CT molecular complexity index is 511. The van der Waals surface area contributed by atoms with E-state index in [9.17, 15) is 9.59 Å². The van der Waals surface area contributed by atoms with Crippen molar-refractivity contribution in [2.45, 2.75) is 20.8 Å². The van der Waals surface area contributed by atoms with Crippen LogP contribution in [-0.2, 0) is 9.59 Å². The number of amides is 2. The van der Waals surface area contributed by atoms with Crippen molar-refractivity contribution in [2.24, 2.45) is 11.8 Å². The molecule has 1 aliphatic rings. The zero-order chi connectivity index (χ0) is 14.2. The summed E-state index contributed by atoms with van der Waals surface area (Å²) in [6, 6.07) is 7.55. The van der Waals surface area contributed by atoms with E-state index in [2.05, 4.69) is 0 Å². The molecule has 0 unspecified atom stereocenters. The Kier molecular flexibility index (Phi) is 3.60. The molecule has 0 fully saturated rings. The quantitative estimate of drug-likeness (QED) is 0.777. The molecule has 1 aromatic rings. The third-order valence-electron chi connectivity index (χ3n) is 3.75. The molecule has 102 valence electrons. The smallest absolute Gasteiger partial charge is 0.231 e. The molecule has 4 nitrogen and oxygen atoms in total. The van der Waals surface area contributed by atoms with Gasteiger partial charge in [-0.25, -0.2) is 0 Å². The molecule has 0 aromatic heterocycles. The summed E-state index contributed by atoms with van der Waals surface area (Å²) >= 11 is 0. The summed E-state index contributed by atoms with van der Waals surface area (Å²) in [5, 5.41) is 0. The van der Waals surface area contributed by atoms with Gasteiger partial charge >= 0.3 is 0 Å². The molecule has 4 heteroatoms. The molecule has 1 aliphatic heterocycles. The summed E-state index contributed by atoms with van der Waals surface area (Å²) < 4.78 is 0. The first-order valence-electron chi connectivity index (χ1n) is 6.58. The van der Waals surface area contributed by atoms with Crippen molar-refractivity contribution in [1.29, 1.82) is 0 Å². The number of nitrogens with zero attached hydrogens (tertiary/aromatic N) is 2. The number of para-hydroxylation sites is 2. The predicted molar refractivity (Wildman–Crippen MR) is 76.2 cm³/mol. The van der Waals surface area contributed by atoms with Gasteiger partial charge in [-0.2, -0.15) is 0 Å². The van der Waals surface area contributed by atoms with Crippen molar-refractivity contribution in [2.75, 3.05) is 23.4 Å². The Morgan fingerprint density at radius 2 is 1.84 bits per heavy atom. The van der Waals surface area contributed by atoms with Gasteiger partial charge in [0.1, 0.15) is 0 Å². The number of carbonyl (C=O) groups excluding carboxylic acids is 2. The number of hydrogen-bond acceptors (Lipinski definition) is 2. The van der Waals surface area contributed by atoms with Crippen LogP contribution in [0, 0.1) is 11.8 Å². The molecular weight excluding hydrogens is 240 g/mol. The maximum absolute atomic E-state index is 12.5. The molecule has 0 bridgehead atoms. The zero-order valence-electron chi connectivity index (χ0n) is 11.9. The lowest BCUT2D eigenvalue weighted by molar-refractivity contribution is -0.123. The van der Waals surface area contributed by atoms with E-state index in [0.717, 1.165) is 11.4 Å². The predicted octanol–water partition coefficient (Wildman–Crippen LogP) is 2.29. The summed E-state index contributed by atoms with van der Waals surface area (Å²) in [5.74, 6) is 0.0832. The molecule has 1 atom stereocenters. The molecule has 0 radical (unpaired) electrons. The lowest BCUT2D eigenvalue weighted by Crippen LogP contribution is -2.40. The Morgan fingerprint density at radius 3 is 2.37 bits per heavy atom. The van der Waals surface area contributed by atoms with Gasteiger partial charge < -0.3 is 9.80 Å². The van der Waals surface area contributed by atoms with Crippen molar-refractivity contribution in [1.82, 2.24) is 0 Å². The van der Waals surface area contributed by atoms with Crippen molar-refractivity contribution >= 4 is 23.2 Å². The average molecular weight is 260 g/mol. The van der Waals surface area contributed by atoms with Crippen LogP contribution in [-0.4, -0.2) is 25.4 Å². The number of rotatable bonds is 1. The van der Waals surface area contributed by atoms with E-state index in [1.807, 2.05) is 38.1 Å². The lowest BCUT2D eigenvalue weighted by atomic mass is 9.94. The first-order valence-corrected chi connectivity index (χ1v) is 6.58. The van der Waals surface area contributed by atoms with Gasteiger partial charge in [-0.05, 0) is 18.1 Å². The number of fused-ring (bicyclic) bond motifs is 1.